The third kappa shape index (κ3) is 2.14. The minimum Gasteiger partial charge on any atom is -0.784 e. The van der Waals surface area contributed by atoms with E-state index in [0.717, 1.165) is 15.5 Å². The molecule has 4 heteroatoms. The van der Waals surface area contributed by atoms with E-state index in [1.54, 1.807) is 23.9 Å². The summed E-state index contributed by atoms with van der Waals surface area (Å²) in [7, 11) is 0. The fourth-order valence-corrected chi connectivity index (χ4v) is 4.78. The van der Waals surface area contributed by atoms with Gasteiger partial charge < -0.3 is 15.4 Å². The molecule has 1 heterocycles. The number of benzene rings is 2. The lowest BCUT2D eigenvalue weighted by Gasteiger charge is -2.57. The van der Waals surface area contributed by atoms with E-state index < -0.39 is 4.87 Å². The van der Waals surface area contributed by atoms with E-state index in [-0.39, 0.29) is 17.7 Å². The third-order valence-electron chi connectivity index (χ3n) is 4.39. The molecule has 0 aliphatic carbocycles. The number of phenolic OH excluding ortho intramolecular Hbond substituents is 1. The van der Waals surface area contributed by atoms with Gasteiger partial charge in [0.15, 0.2) is 0 Å². The standard InChI is InChI=1S/C18H20NO2S/c1-12(2)18(15-9-5-6-10-16(15)20)19(21)13(3)14-8-4-7-11-17(14)22-18/h4-13,20H,1-3H3/q-1. The predicted octanol–water partition coefficient (Wildman–Crippen LogP) is 4.87. The van der Waals surface area contributed by atoms with Crippen LogP contribution in [-0.4, -0.2) is 10.2 Å². The van der Waals surface area contributed by atoms with Crippen molar-refractivity contribution in [3.05, 3.63) is 64.9 Å². The Kier molecular flexibility index (Phi) is 3.93. The molecular weight excluding hydrogens is 294 g/mol. The molecule has 0 spiro atoms. The van der Waals surface area contributed by atoms with Crippen molar-refractivity contribution in [3.63, 3.8) is 0 Å². The lowest BCUT2D eigenvalue weighted by atomic mass is 9.91. The topological polar surface area (TPSA) is 46.5 Å². The SMILES string of the molecule is CC1c2ccccc2SC(c2ccccc2O)(C(C)C)N1[O-]. The molecule has 22 heavy (non-hydrogen) atoms. The highest BCUT2D eigenvalue weighted by atomic mass is 32.2. The molecule has 0 aromatic heterocycles. The zero-order chi connectivity index (χ0) is 15.9. The molecule has 3 nitrogen and oxygen atoms in total. The predicted molar refractivity (Wildman–Crippen MR) is 90.5 cm³/mol. The van der Waals surface area contributed by atoms with Crippen LogP contribution in [-0.2, 0) is 4.87 Å². The molecule has 0 fully saturated rings. The van der Waals surface area contributed by atoms with Crippen LogP contribution in [0.15, 0.2) is 53.4 Å². The second-order valence-corrected chi connectivity index (χ2v) is 7.28. The minimum absolute atomic E-state index is 0.0408. The summed E-state index contributed by atoms with van der Waals surface area (Å²) >= 11 is 1.55. The zero-order valence-corrected chi connectivity index (χ0v) is 13.8. The monoisotopic (exact) mass is 314 g/mol. The number of hydrogen-bond donors (Lipinski definition) is 1. The highest BCUT2D eigenvalue weighted by Gasteiger charge is 2.45. The quantitative estimate of drug-likeness (QED) is 0.859. The molecule has 116 valence electrons. The number of thioether (sulfide) groups is 1. The van der Waals surface area contributed by atoms with E-state index in [9.17, 15) is 10.3 Å². The molecule has 2 atom stereocenters. The summed E-state index contributed by atoms with van der Waals surface area (Å²) in [5, 5.41) is 24.7. The molecule has 2 aromatic rings. The minimum atomic E-state index is -0.820. The van der Waals surface area contributed by atoms with Crippen molar-refractivity contribution < 1.29 is 5.11 Å². The van der Waals surface area contributed by atoms with Crippen LogP contribution in [0.4, 0.5) is 0 Å². The maximum absolute atomic E-state index is 13.2. The van der Waals surface area contributed by atoms with Gasteiger partial charge in [0.2, 0.25) is 0 Å². The number of hydrogen-bond acceptors (Lipinski definition) is 4. The molecule has 0 amide bonds. The lowest BCUT2D eigenvalue weighted by molar-refractivity contribution is 0.130. The van der Waals surface area contributed by atoms with E-state index in [2.05, 4.69) is 6.07 Å². The maximum atomic E-state index is 13.2. The van der Waals surface area contributed by atoms with Crippen LogP contribution in [0.5, 0.6) is 5.75 Å². The van der Waals surface area contributed by atoms with E-state index in [0.29, 0.717) is 5.56 Å². The van der Waals surface area contributed by atoms with Gasteiger partial charge in [-0.3, -0.25) is 0 Å². The van der Waals surface area contributed by atoms with Crippen molar-refractivity contribution in [3.8, 4) is 5.75 Å². The van der Waals surface area contributed by atoms with E-state index in [4.69, 9.17) is 0 Å². The Morgan fingerprint density at radius 3 is 2.45 bits per heavy atom. The Labute approximate surface area is 135 Å². The molecule has 0 bridgehead atoms. The average molecular weight is 314 g/mol. The van der Waals surface area contributed by atoms with Crippen molar-refractivity contribution >= 4 is 11.8 Å². The second-order valence-electron chi connectivity index (χ2n) is 6.01. The van der Waals surface area contributed by atoms with Gasteiger partial charge in [0.05, 0.1) is 4.87 Å². The third-order valence-corrected chi connectivity index (χ3v) is 6.16. The summed E-state index contributed by atoms with van der Waals surface area (Å²) in [6.45, 7) is 6.00. The van der Waals surface area contributed by atoms with Crippen LogP contribution in [0.1, 0.15) is 37.9 Å². The van der Waals surface area contributed by atoms with Crippen LogP contribution in [0.3, 0.4) is 0 Å². The van der Waals surface area contributed by atoms with E-state index in [1.807, 2.05) is 51.1 Å². The number of phenols is 1. The van der Waals surface area contributed by atoms with Gasteiger partial charge in [-0.15, -0.1) is 0 Å². The van der Waals surface area contributed by atoms with E-state index in [1.165, 1.54) is 0 Å². The zero-order valence-electron chi connectivity index (χ0n) is 13.0. The number of nitrogens with zero attached hydrogens (tertiary/aromatic N) is 1. The molecule has 2 aromatic carbocycles. The van der Waals surface area contributed by atoms with Gasteiger partial charge >= 0.3 is 0 Å². The molecule has 1 aliphatic heterocycles. The van der Waals surface area contributed by atoms with Crippen LogP contribution in [0.25, 0.3) is 0 Å². The first-order valence-corrected chi connectivity index (χ1v) is 8.33. The van der Waals surface area contributed by atoms with Gasteiger partial charge in [-0.2, -0.15) is 0 Å². The normalized spacial score (nSPS) is 25.2. The van der Waals surface area contributed by atoms with Gasteiger partial charge in [-0.05, 0) is 30.5 Å². The van der Waals surface area contributed by atoms with Crippen LogP contribution >= 0.6 is 11.8 Å². The van der Waals surface area contributed by atoms with Crippen molar-refractivity contribution in [2.75, 3.05) is 0 Å². The van der Waals surface area contributed by atoms with Gasteiger partial charge in [0, 0.05) is 16.5 Å². The highest BCUT2D eigenvalue weighted by Crippen LogP contribution is 2.58. The van der Waals surface area contributed by atoms with Crippen LogP contribution in [0.2, 0.25) is 0 Å². The van der Waals surface area contributed by atoms with Crippen molar-refractivity contribution in [2.24, 2.45) is 5.92 Å². The molecule has 2 unspecified atom stereocenters. The molecule has 1 N–H and O–H groups in total. The smallest absolute Gasteiger partial charge is 0.121 e. The number of rotatable bonds is 2. The van der Waals surface area contributed by atoms with Crippen molar-refractivity contribution in [1.29, 1.82) is 0 Å². The highest BCUT2D eigenvalue weighted by molar-refractivity contribution is 8.00. The molecule has 1 aliphatic rings. The first-order valence-electron chi connectivity index (χ1n) is 7.51. The summed E-state index contributed by atoms with van der Waals surface area (Å²) in [5.41, 5.74) is 1.74. The Hall–Kier alpha value is -1.49. The summed E-state index contributed by atoms with van der Waals surface area (Å²) in [6, 6.07) is 14.9. The number of hydroxylamine groups is 2. The summed E-state index contributed by atoms with van der Waals surface area (Å²) in [6.07, 6.45) is 0. The molecule has 3 rings (SSSR count). The first kappa shape index (κ1) is 15.4. The summed E-state index contributed by atoms with van der Waals surface area (Å²) < 4.78 is 0. The summed E-state index contributed by atoms with van der Waals surface area (Å²) in [5.74, 6) is 0.218. The fourth-order valence-electron chi connectivity index (χ4n) is 3.18. The fraction of sp³-hybridized carbons (Fsp3) is 0.333. The Balaban J connectivity index is 2.23. The molecule has 0 saturated carbocycles. The Bertz CT molecular complexity index is 688. The number of fused-ring (bicyclic) bond motifs is 1. The van der Waals surface area contributed by atoms with Crippen LogP contribution in [0, 0.1) is 11.1 Å². The molecular formula is C18H20NO2S-. The Morgan fingerprint density at radius 1 is 1.14 bits per heavy atom. The second kappa shape index (κ2) is 5.61. The lowest BCUT2D eigenvalue weighted by Crippen LogP contribution is -2.47. The molecule has 0 radical (unpaired) electrons. The molecule has 0 saturated heterocycles. The van der Waals surface area contributed by atoms with E-state index >= 15 is 0 Å². The first-order chi connectivity index (χ1) is 10.5. The van der Waals surface area contributed by atoms with Gasteiger partial charge in [0.1, 0.15) is 5.75 Å². The average Bonchev–Trinajstić information content (AvgIpc) is 2.51. The van der Waals surface area contributed by atoms with Crippen LogP contribution < -0.4 is 0 Å². The number of aromatic hydroxyl groups is 1. The maximum Gasteiger partial charge on any atom is 0.121 e. The Morgan fingerprint density at radius 2 is 1.77 bits per heavy atom. The van der Waals surface area contributed by atoms with Gasteiger partial charge in [-0.1, -0.05) is 62.0 Å². The number of para-hydroxylation sites is 1. The van der Waals surface area contributed by atoms with Crippen molar-refractivity contribution in [1.82, 2.24) is 5.06 Å². The van der Waals surface area contributed by atoms with Gasteiger partial charge in [-0.25, -0.2) is 0 Å². The van der Waals surface area contributed by atoms with Crippen molar-refractivity contribution in [2.45, 2.75) is 36.6 Å². The summed E-state index contributed by atoms with van der Waals surface area (Å²) in [4.78, 5) is 0.290. The van der Waals surface area contributed by atoms with Gasteiger partial charge in [0.25, 0.3) is 0 Å². The largest absolute Gasteiger partial charge is 0.784 e.